The average Bonchev–Trinajstić information content (AvgIpc) is 3.00. The summed E-state index contributed by atoms with van der Waals surface area (Å²) in [5.74, 6) is 0. The highest BCUT2D eigenvalue weighted by Gasteiger charge is 2.07. The van der Waals surface area contributed by atoms with Gasteiger partial charge in [-0.25, -0.2) is 4.98 Å². The van der Waals surface area contributed by atoms with E-state index in [-0.39, 0.29) is 0 Å². The van der Waals surface area contributed by atoms with Crippen molar-refractivity contribution in [3.63, 3.8) is 0 Å². The second-order valence-corrected chi connectivity index (χ2v) is 6.39. The van der Waals surface area contributed by atoms with Crippen molar-refractivity contribution in [1.82, 2.24) is 10.3 Å². The van der Waals surface area contributed by atoms with Gasteiger partial charge in [0.2, 0.25) is 0 Å². The molecular weight excluding hydrogens is 276 g/mol. The van der Waals surface area contributed by atoms with Crippen LogP contribution in [0.5, 0.6) is 0 Å². The monoisotopic (exact) mass is 302 g/mol. The van der Waals surface area contributed by atoms with Crippen LogP contribution >= 0.6 is 11.3 Å². The Labute approximate surface area is 132 Å². The molecule has 3 heteroatoms. The van der Waals surface area contributed by atoms with Gasteiger partial charge in [-0.2, -0.15) is 0 Å². The number of rotatable bonds is 9. The van der Waals surface area contributed by atoms with Gasteiger partial charge in [-0.3, -0.25) is 0 Å². The van der Waals surface area contributed by atoms with Crippen LogP contribution in [0.4, 0.5) is 0 Å². The van der Waals surface area contributed by atoms with Crippen LogP contribution in [-0.2, 0) is 6.42 Å². The molecule has 0 aliphatic carbocycles. The van der Waals surface area contributed by atoms with Crippen LogP contribution in [0.1, 0.15) is 44.5 Å². The van der Waals surface area contributed by atoms with Gasteiger partial charge in [0.25, 0.3) is 0 Å². The zero-order chi connectivity index (χ0) is 14.9. The molecule has 0 aliphatic heterocycles. The summed E-state index contributed by atoms with van der Waals surface area (Å²) in [5, 5.41) is 7.06. The minimum absolute atomic E-state index is 0.665. The summed E-state index contributed by atoms with van der Waals surface area (Å²) in [6.07, 6.45) is 5.99. The molecule has 1 aromatic heterocycles. The van der Waals surface area contributed by atoms with Crippen molar-refractivity contribution in [2.75, 3.05) is 6.54 Å². The fourth-order valence-electron chi connectivity index (χ4n) is 2.47. The van der Waals surface area contributed by atoms with Crippen LogP contribution in [0.25, 0.3) is 11.3 Å². The highest BCUT2D eigenvalue weighted by atomic mass is 32.1. The summed E-state index contributed by atoms with van der Waals surface area (Å²) < 4.78 is 0. The van der Waals surface area contributed by atoms with E-state index in [1.165, 1.54) is 36.3 Å². The molecule has 0 aliphatic rings. The number of aryl methyl sites for hydroxylation is 1. The molecule has 1 heterocycles. The van der Waals surface area contributed by atoms with Gasteiger partial charge in [-0.15, -0.1) is 11.3 Å². The van der Waals surface area contributed by atoms with E-state index in [9.17, 15) is 0 Å². The molecule has 2 nitrogen and oxygen atoms in total. The molecule has 0 amide bonds. The third-order valence-corrected chi connectivity index (χ3v) is 4.65. The molecule has 1 aromatic carbocycles. The van der Waals surface area contributed by atoms with E-state index in [1.54, 1.807) is 11.3 Å². The SMILES string of the molecule is CCCNC(CC)CCCc1nc(-c2ccccc2)cs1. The molecular formula is C18H26N2S. The van der Waals surface area contributed by atoms with Crippen molar-refractivity contribution in [1.29, 1.82) is 0 Å². The third-order valence-electron chi connectivity index (χ3n) is 3.74. The lowest BCUT2D eigenvalue weighted by molar-refractivity contribution is 0.455. The highest BCUT2D eigenvalue weighted by molar-refractivity contribution is 7.09. The Morgan fingerprint density at radius 2 is 2.00 bits per heavy atom. The van der Waals surface area contributed by atoms with Crippen LogP contribution in [0.15, 0.2) is 35.7 Å². The van der Waals surface area contributed by atoms with E-state index < -0.39 is 0 Å². The van der Waals surface area contributed by atoms with Crippen LogP contribution < -0.4 is 5.32 Å². The zero-order valence-corrected chi connectivity index (χ0v) is 14.0. The van der Waals surface area contributed by atoms with Gasteiger partial charge < -0.3 is 5.32 Å². The van der Waals surface area contributed by atoms with E-state index in [4.69, 9.17) is 4.98 Å². The first-order valence-electron chi connectivity index (χ1n) is 8.06. The lowest BCUT2D eigenvalue weighted by atomic mass is 10.1. The van der Waals surface area contributed by atoms with Crippen molar-refractivity contribution >= 4 is 11.3 Å². The fraction of sp³-hybridized carbons (Fsp3) is 0.500. The number of aromatic nitrogens is 1. The van der Waals surface area contributed by atoms with E-state index in [2.05, 4.69) is 48.8 Å². The Morgan fingerprint density at radius 3 is 2.71 bits per heavy atom. The highest BCUT2D eigenvalue weighted by Crippen LogP contribution is 2.22. The lowest BCUT2D eigenvalue weighted by Crippen LogP contribution is -2.29. The number of hydrogen-bond donors (Lipinski definition) is 1. The molecule has 0 radical (unpaired) electrons. The molecule has 0 saturated heterocycles. The predicted molar refractivity (Wildman–Crippen MR) is 92.9 cm³/mol. The Hall–Kier alpha value is -1.19. The van der Waals surface area contributed by atoms with Gasteiger partial charge >= 0.3 is 0 Å². The second-order valence-electron chi connectivity index (χ2n) is 5.44. The normalized spacial score (nSPS) is 12.5. The maximum absolute atomic E-state index is 4.76. The van der Waals surface area contributed by atoms with Gasteiger partial charge in [-0.05, 0) is 38.6 Å². The first-order valence-corrected chi connectivity index (χ1v) is 8.94. The smallest absolute Gasteiger partial charge is 0.0932 e. The molecule has 2 aromatic rings. The molecule has 0 bridgehead atoms. The zero-order valence-electron chi connectivity index (χ0n) is 13.1. The van der Waals surface area contributed by atoms with Gasteiger partial charge in [0.1, 0.15) is 0 Å². The summed E-state index contributed by atoms with van der Waals surface area (Å²) in [4.78, 5) is 4.76. The van der Waals surface area contributed by atoms with Gasteiger partial charge in [0.05, 0.1) is 10.7 Å². The Balaban J connectivity index is 1.80. The molecule has 2 rings (SSSR count). The summed E-state index contributed by atoms with van der Waals surface area (Å²) in [6.45, 7) is 5.62. The minimum atomic E-state index is 0.665. The molecule has 114 valence electrons. The topological polar surface area (TPSA) is 24.9 Å². The standard InChI is InChI=1S/C18H26N2S/c1-3-13-19-16(4-2)11-8-12-18-20-17(14-21-18)15-9-6-5-7-10-15/h5-7,9-10,14,16,19H,3-4,8,11-13H2,1-2H3. The first-order chi connectivity index (χ1) is 10.3. The Morgan fingerprint density at radius 1 is 1.19 bits per heavy atom. The maximum Gasteiger partial charge on any atom is 0.0932 e. The summed E-state index contributed by atoms with van der Waals surface area (Å²) in [5.41, 5.74) is 2.34. The summed E-state index contributed by atoms with van der Waals surface area (Å²) >= 11 is 1.79. The molecule has 1 atom stereocenters. The van der Waals surface area contributed by atoms with Crippen molar-refractivity contribution in [2.45, 2.75) is 52.0 Å². The molecule has 1 N–H and O–H groups in total. The average molecular weight is 302 g/mol. The van der Waals surface area contributed by atoms with E-state index >= 15 is 0 Å². The van der Waals surface area contributed by atoms with Gasteiger partial charge in [0, 0.05) is 17.0 Å². The van der Waals surface area contributed by atoms with Crippen LogP contribution in [0.2, 0.25) is 0 Å². The molecule has 0 fully saturated rings. The Kier molecular flexibility index (Phi) is 6.90. The quantitative estimate of drug-likeness (QED) is 0.712. The number of benzene rings is 1. The predicted octanol–water partition coefficient (Wildman–Crippen LogP) is 4.91. The fourth-order valence-corrected chi connectivity index (χ4v) is 3.32. The lowest BCUT2D eigenvalue weighted by Gasteiger charge is -2.15. The van der Waals surface area contributed by atoms with E-state index in [0.717, 1.165) is 18.7 Å². The van der Waals surface area contributed by atoms with E-state index in [0.29, 0.717) is 6.04 Å². The van der Waals surface area contributed by atoms with Crippen molar-refractivity contribution in [3.8, 4) is 11.3 Å². The number of hydrogen-bond acceptors (Lipinski definition) is 3. The van der Waals surface area contributed by atoms with Crippen LogP contribution in [0.3, 0.4) is 0 Å². The van der Waals surface area contributed by atoms with Crippen LogP contribution in [-0.4, -0.2) is 17.6 Å². The number of thiazole rings is 1. The summed E-state index contributed by atoms with van der Waals surface area (Å²) in [6, 6.07) is 11.1. The molecule has 21 heavy (non-hydrogen) atoms. The van der Waals surface area contributed by atoms with Crippen molar-refractivity contribution in [2.24, 2.45) is 0 Å². The molecule has 0 saturated carbocycles. The number of nitrogens with one attached hydrogen (secondary N) is 1. The van der Waals surface area contributed by atoms with E-state index in [1.807, 2.05) is 6.07 Å². The van der Waals surface area contributed by atoms with Gasteiger partial charge in [-0.1, -0.05) is 44.2 Å². The van der Waals surface area contributed by atoms with Crippen molar-refractivity contribution in [3.05, 3.63) is 40.7 Å². The first kappa shape index (κ1) is 16.2. The van der Waals surface area contributed by atoms with Crippen molar-refractivity contribution < 1.29 is 0 Å². The largest absolute Gasteiger partial charge is 0.314 e. The molecule has 1 unspecified atom stereocenters. The third kappa shape index (κ3) is 5.25. The van der Waals surface area contributed by atoms with Gasteiger partial charge in [0.15, 0.2) is 0 Å². The van der Waals surface area contributed by atoms with Crippen LogP contribution in [0, 0.1) is 0 Å². The summed E-state index contributed by atoms with van der Waals surface area (Å²) in [7, 11) is 0. The minimum Gasteiger partial charge on any atom is -0.314 e. The second kappa shape index (κ2) is 8.96. The maximum atomic E-state index is 4.76. The Bertz CT molecular complexity index is 507. The number of nitrogens with zero attached hydrogens (tertiary/aromatic N) is 1. The molecule has 0 spiro atoms.